The van der Waals surface area contributed by atoms with Crippen molar-refractivity contribution in [2.75, 3.05) is 12.0 Å². The van der Waals surface area contributed by atoms with Crippen LogP contribution in [-0.4, -0.2) is 36.5 Å². The Morgan fingerprint density at radius 2 is 1.56 bits per heavy atom. The molecule has 4 nitrogen and oxygen atoms in total. The molecule has 0 aromatic carbocycles. The highest BCUT2D eigenvalue weighted by Crippen LogP contribution is 2.59. The van der Waals surface area contributed by atoms with Crippen molar-refractivity contribution in [1.29, 1.82) is 0 Å². The van der Waals surface area contributed by atoms with Crippen LogP contribution in [0.4, 0.5) is 13.2 Å². The molecule has 1 unspecified atom stereocenters. The molecule has 0 aromatic heterocycles. The third-order valence-electron chi connectivity index (χ3n) is 2.30. The second kappa shape index (κ2) is 5.01. The Morgan fingerprint density at radius 1 is 1.17 bits per heavy atom. The van der Waals surface area contributed by atoms with Crippen LogP contribution in [0, 0.1) is 0 Å². The van der Waals surface area contributed by atoms with Crippen molar-refractivity contribution in [2.45, 2.75) is 38.0 Å². The number of Topliss-reactive ketones (excluding diaryl/α,β-unsaturated/α-hetero) is 1. The van der Waals surface area contributed by atoms with E-state index in [-0.39, 0.29) is 5.75 Å². The fourth-order valence-electron chi connectivity index (χ4n) is 0.967. The number of hydrogen-bond acceptors (Lipinski definition) is 4. The summed E-state index contributed by atoms with van der Waals surface area (Å²) in [5.41, 5.74) is -5.48. The highest BCUT2D eigenvalue weighted by Gasteiger charge is 2.52. The van der Waals surface area contributed by atoms with Crippen LogP contribution < -0.4 is 0 Å². The lowest BCUT2D eigenvalue weighted by atomic mass is 10.3. The summed E-state index contributed by atoms with van der Waals surface area (Å²) >= 11 is 0. The first-order valence-electron chi connectivity index (χ1n) is 4.90. The van der Waals surface area contributed by atoms with E-state index in [0.29, 0.717) is 0 Å². The molecule has 0 aliphatic heterocycles. The maximum absolute atomic E-state index is 12.3. The molecule has 0 aromatic rings. The second-order valence-electron chi connectivity index (χ2n) is 4.93. The zero-order valence-electron chi connectivity index (χ0n) is 10.8. The van der Waals surface area contributed by atoms with Crippen LogP contribution in [0.2, 0.25) is 0 Å². The standard InChI is InChI=1S/C9H17F3O4S2/c1-7(13)6-17(5,8(2,3)4)16-18(14,15)9(10,11)12/h6H2,1-5H3. The van der Waals surface area contributed by atoms with Gasteiger partial charge in [0.1, 0.15) is 5.78 Å². The van der Waals surface area contributed by atoms with E-state index in [1.807, 2.05) is 0 Å². The molecule has 0 bridgehead atoms. The van der Waals surface area contributed by atoms with E-state index >= 15 is 0 Å². The van der Waals surface area contributed by atoms with Gasteiger partial charge in [-0.3, -0.25) is 4.79 Å². The molecule has 0 rings (SSSR count). The first-order chi connectivity index (χ1) is 7.62. The Labute approximate surface area is 107 Å². The molecule has 0 aliphatic rings. The molecular weight excluding hydrogens is 293 g/mol. The molecule has 0 amide bonds. The molecule has 0 saturated carbocycles. The quantitative estimate of drug-likeness (QED) is 0.749. The van der Waals surface area contributed by atoms with Crippen molar-refractivity contribution in [1.82, 2.24) is 0 Å². The molecule has 9 heteroatoms. The van der Waals surface area contributed by atoms with Crippen molar-refractivity contribution in [3.63, 3.8) is 0 Å². The van der Waals surface area contributed by atoms with E-state index in [9.17, 15) is 26.4 Å². The summed E-state index contributed by atoms with van der Waals surface area (Å²) in [5.74, 6) is -0.758. The van der Waals surface area contributed by atoms with Crippen LogP contribution in [0.25, 0.3) is 0 Å². The monoisotopic (exact) mass is 310 g/mol. The Morgan fingerprint density at radius 3 is 1.78 bits per heavy atom. The van der Waals surface area contributed by atoms with Gasteiger partial charge in [0.05, 0.1) is 5.75 Å². The lowest BCUT2D eigenvalue weighted by molar-refractivity contribution is -0.114. The maximum atomic E-state index is 12.3. The van der Waals surface area contributed by atoms with E-state index < -0.39 is 36.5 Å². The lowest BCUT2D eigenvalue weighted by Crippen LogP contribution is -2.36. The molecule has 0 aliphatic carbocycles. The molecule has 1 atom stereocenters. The van der Waals surface area contributed by atoms with Crippen LogP contribution >= 0.6 is 10.3 Å². The SMILES string of the molecule is CC(=O)CS(C)(OS(=O)(=O)C(F)(F)F)C(C)(C)C. The van der Waals surface area contributed by atoms with E-state index in [0.717, 1.165) is 0 Å². The summed E-state index contributed by atoms with van der Waals surface area (Å²) in [6.45, 7) is 5.80. The number of hydrogen-bond donors (Lipinski definition) is 0. The Hall–Kier alpha value is -0.280. The lowest BCUT2D eigenvalue weighted by Gasteiger charge is -2.44. The van der Waals surface area contributed by atoms with Crippen LogP contribution in [0.5, 0.6) is 0 Å². The normalized spacial score (nSPS) is 19.1. The molecule has 110 valence electrons. The van der Waals surface area contributed by atoms with Gasteiger partial charge < -0.3 is 0 Å². The number of carbonyl (C=O) groups excluding carboxylic acids is 1. The van der Waals surface area contributed by atoms with Crippen LogP contribution in [-0.2, 0) is 18.5 Å². The summed E-state index contributed by atoms with van der Waals surface area (Å²) in [7, 11) is -8.45. The molecule has 0 fully saturated rings. The van der Waals surface area contributed by atoms with Gasteiger partial charge in [-0.05, 0) is 13.2 Å². The third-order valence-corrected chi connectivity index (χ3v) is 8.33. The summed E-state index contributed by atoms with van der Waals surface area (Å²) in [4.78, 5) is 11.1. The molecule has 0 saturated heterocycles. The van der Waals surface area contributed by atoms with Gasteiger partial charge in [0, 0.05) is 4.75 Å². The molecule has 0 N–H and O–H groups in total. The van der Waals surface area contributed by atoms with Crippen molar-refractivity contribution in [3.05, 3.63) is 0 Å². The van der Waals surface area contributed by atoms with Gasteiger partial charge in [0.25, 0.3) is 0 Å². The van der Waals surface area contributed by atoms with Crippen LogP contribution in [0.3, 0.4) is 0 Å². The first-order valence-corrected chi connectivity index (χ1v) is 8.44. The number of rotatable bonds is 4. The minimum atomic E-state index is -5.70. The minimum Gasteiger partial charge on any atom is -0.299 e. The molecule has 0 radical (unpaired) electrons. The van der Waals surface area contributed by atoms with Gasteiger partial charge in [0.15, 0.2) is 0 Å². The van der Waals surface area contributed by atoms with Gasteiger partial charge in [-0.15, -0.1) is 10.3 Å². The fourth-order valence-corrected chi connectivity index (χ4v) is 5.07. The molecular formula is C9H17F3O4S2. The summed E-state index contributed by atoms with van der Waals surface area (Å²) < 4.78 is 62.5. The highest BCUT2D eigenvalue weighted by molar-refractivity contribution is 8.33. The topological polar surface area (TPSA) is 60.4 Å². The number of halogens is 3. The van der Waals surface area contributed by atoms with E-state index in [1.165, 1.54) is 34.0 Å². The largest absolute Gasteiger partial charge is 0.523 e. The molecule has 18 heavy (non-hydrogen) atoms. The Kier molecular flexibility index (Phi) is 4.93. The summed E-state index contributed by atoms with van der Waals surface area (Å²) in [5, 5.41) is 0. The molecule has 0 spiro atoms. The summed E-state index contributed by atoms with van der Waals surface area (Å²) in [6.07, 6.45) is 1.26. The van der Waals surface area contributed by atoms with E-state index in [1.54, 1.807) is 0 Å². The second-order valence-corrected chi connectivity index (χ2v) is 10.4. The zero-order chi connectivity index (χ0) is 15.0. The average Bonchev–Trinajstić information content (AvgIpc) is 1.95. The van der Waals surface area contributed by atoms with E-state index in [4.69, 9.17) is 0 Å². The Balaban J connectivity index is 5.49. The van der Waals surface area contributed by atoms with E-state index in [2.05, 4.69) is 3.63 Å². The maximum Gasteiger partial charge on any atom is 0.523 e. The highest BCUT2D eigenvalue weighted by atomic mass is 32.3. The smallest absolute Gasteiger partial charge is 0.299 e. The van der Waals surface area contributed by atoms with Crippen LogP contribution in [0.1, 0.15) is 27.7 Å². The fraction of sp³-hybridized carbons (Fsp3) is 0.889. The Bertz CT molecular complexity index is 422. The zero-order valence-corrected chi connectivity index (χ0v) is 12.4. The number of alkyl halides is 3. The number of ketones is 1. The van der Waals surface area contributed by atoms with Crippen molar-refractivity contribution in [2.24, 2.45) is 0 Å². The van der Waals surface area contributed by atoms with Crippen molar-refractivity contribution >= 4 is 26.2 Å². The first kappa shape index (κ1) is 17.7. The van der Waals surface area contributed by atoms with Gasteiger partial charge >= 0.3 is 15.6 Å². The van der Waals surface area contributed by atoms with Crippen molar-refractivity contribution in [3.8, 4) is 0 Å². The van der Waals surface area contributed by atoms with Gasteiger partial charge in [-0.1, -0.05) is 20.8 Å². The third kappa shape index (κ3) is 4.13. The van der Waals surface area contributed by atoms with Gasteiger partial charge in [0.2, 0.25) is 0 Å². The van der Waals surface area contributed by atoms with Gasteiger partial charge in [-0.25, -0.2) is 3.63 Å². The van der Waals surface area contributed by atoms with Crippen molar-refractivity contribution < 1.29 is 30.0 Å². The predicted octanol–water partition coefficient (Wildman–Crippen LogP) is 2.59. The molecule has 0 heterocycles. The van der Waals surface area contributed by atoms with Crippen LogP contribution in [0.15, 0.2) is 0 Å². The predicted molar refractivity (Wildman–Crippen MR) is 64.9 cm³/mol. The summed E-state index contributed by atoms with van der Waals surface area (Å²) in [6, 6.07) is 0. The average molecular weight is 310 g/mol. The number of carbonyl (C=O) groups is 1. The minimum absolute atomic E-state index is 0.341. The van der Waals surface area contributed by atoms with Gasteiger partial charge in [-0.2, -0.15) is 21.6 Å².